The number of hydrogen-bond donors (Lipinski definition) is 4. The van der Waals surface area contributed by atoms with Gasteiger partial charge in [-0.15, -0.1) is 5.10 Å². The van der Waals surface area contributed by atoms with Crippen molar-refractivity contribution in [2.75, 3.05) is 6.54 Å². The van der Waals surface area contributed by atoms with E-state index in [4.69, 9.17) is 10.2 Å². The molecule has 4 N–H and O–H groups in total. The topological polar surface area (TPSA) is 128 Å². The van der Waals surface area contributed by atoms with Gasteiger partial charge in [0.1, 0.15) is 5.82 Å². The fourth-order valence-corrected chi connectivity index (χ4v) is 1.27. The van der Waals surface area contributed by atoms with Crippen LogP contribution in [-0.2, 0) is 11.2 Å². The molecule has 8 nitrogen and oxygen atoms in total. The van der Waals surface area contributed by atoms with E-state index >= 15 is 0 Å². The van der Waals surface area contributed by atoms with Crippen LogP contribution in [0.15, 0.2) is 0 Å². The lowest BCUT2D eigenvalue weighted by molar-refractivity contribution is -0.146. The maximum atomic E-state index is 11.5. The molecular weight excluding hydrogens is 240 g/mol. The van der Waals surface area contributed by atoms with Crippen LogP contribution in [0.1, 0.15) is 36.2 Å². The highest BCUT2D eigenvalue weighted by Crippen LogP contribution is 1.97. The first-order valence-electron chi connectivity index (χ1n) is 5.65. The van der Waals surface area contributed by atoms with Crippen LogP contribution in [0.3, 0.4) is 0 Å². The average molecular weight is 256 g/mol. The van der Waals surface area contributed by atoms with Crippen molar-refractivity contribution < 1.29 is 19.8 Å². The van der Waals surface area contributed by atoms with Gasteiger partial charge in [-0.3, -0.25) is 9.89 Å². The molecule has 0 aliphatic rings. The van der Waals surface area contributed by atoms with E-state index in [1.54, 1.807) is 0 Å². The zero-order chi connectivity index (χ0) is 13.5. The highest BCUT2D eigenvalue weighted by Gasteiger charge is 2.15. The van der Waals surface area contributed by atoms with Crippen molar-refractivity contribution in [1.29, 1.82) is 0 Å². The summed E-state index contributed by atoms with van der Waals surface area (Å²) in [6.07, 6.45) is 0.0555. The van der Waals surface area contributed by atoms with E-state index in [0.29, 0.717) is 12.2 Å². The summed E-state index contributed by atoms with van der Waals surface area (Å²) in [5.74, 6) is -1.16. The van der Waals surface area contributed by atoms with Gasteiger partial charge in [0.05, 0.1) is 0 Å². The second kappa shape index (κ2) is 6.70. The Labute approximate surface area is 103 Å². The Bertz CT molecular complexity index is 418. The van der Waals surface area contributed by atoms with Gasteiger partial charge >= 0.3 is 5.97 Å². The number of aromatic amines is 1. The molecule has 0 fully saturated rings. The quantitative estimate of drug-likeness (QED) is 0.512. The lowest BCUT2D eigenvalue weighted by Crippen LogP contribution is -2.30. The fraction of sp³-hybridized carbons (Fsp3) is 0.600. The minimum atomic E-state index is -1.48. The first kappa shape index (κ1) is 14.1. The Morgan fingerprint density at radius 1 is 1.50 bits per heavy atom. The molecule has 0 saturated heterocycles. The third-order valence-corrected chi connectivity index (χ3v) is 2.21. The van der Waals surface area contributed by atoms with Crippen LogP contribution in [0, 0.1) is 0 Å². The number of aliphatic hydroxyl groups excluding tert-OH is 1. The van der Waals surface area contributed by atoms with Crippen LogP contribution >= 0.6 is 0 Å². The summed E-state index contributed by atoms with van der Waals surface area (Å²) in [6.45, 7) is 2.03. The van der Waals surface area contributed by atoms with Crippen LogP contribution in [-0.4, -0.2) is 49.9 Å². The Hall–Kier alpha value is -1.96. The van der Waals surface area contributed by atoms with Gasteiger partial charge in [-0.1, -0.05) is 6.92 Å². The second-order valence-electron chi connectivity index (χ2n) is 3.75. The molecule has 1 rings (SSSR count). The van der Waals surface area contributed by atoms with Crippen LogP contribution < -0.4 is 5.32 Å². The Balaban J connectivity index is 2.38. The zero-order valence-corrected chi connectivity index (χ0v) is 10.0. The summed E-state index contributed by atoms with van der Waals surface area (Å²) in [7, 11) is 0. The molecule has 0 aliphatic heterocycles. The van der Waals surface area contributed by atoms with E-state index in [1.165, 1.54) is 0 Å². The summed E-state index contributed by atoms with van der Waals surface area (Å²) in [4.78, 5) is 25.8. The lowest BCUT2D eigenvalue weighted by atomic mass is 10.2. The summed E-state index contributed by atoms with van der Waals surface area (Å²) < 4.78 is 0. The first-order valence-corrected chi connectivity index (χ1v) is 5.65. The maximum Gasteiger partial charge on any atom is 0.332 e. The maximum absolute atomic E-state index is 11.5. The second-order valence-corrected chi connectivity index (χ2v) is 3.75. The number of H-pyrrole nitrogens is 1. The molecule has 0 radical (unpaired) electrons. The standard InChI is InChI=1S/C10H16N4O4/c1-2-3-7-12-8(14-13-7)9(16)11-5-4-6(15)10(17)18/h6,15H,2-5H2,1H3,(H,11,16)(H,17,18)(H,12,13,14). The molecule has 18 heavy (non-hydrogen) atoms. The van der Waals surface area contributed by atoms with Crippen molar-refractivity contribution in [3.8, 4) is 0 Å². The van der Waals surface area contributed by atoms with Crippen molar-refractivity contribution in [1.82, 2.24) is 20.5 Å². The third kappa shape index (κ3) is 4.13. The smallest absolute Gasteiger partial charge is 0.332 e. The van der Waals surface area contributed by atoms with Gasteiger partial charge in [-0.25, -0.2) is 9.78 Å². The molecule has 1 heterocycles. The molecule has 0 aliphatic carbocycles. The minimum absolute atomic E-state index is 0.0169. The number of hydrogen-bond acceptors (Lipinski definition) is 5. The van der Waals surface area contributed by atoms with Gasteiger partial charge in [0, 0.05) is 19.4 Å². The van der Waals surface area contributed by atoms with E-state index in [9.17, 15) is 9.59 Å². The number of rotatable bonds is 7. The molecule has 0 saturated carbocycles. The van der Waals surface area contributed by atoms with Gasteiger partial charge in [0.25, 0.3) is 5.91 Å². The van der Waals surface area contributed by atoms with E-state index in [-0.39, 0.29) is 18.8 Å². The molecule has 1 aromatic heterocycles. The number of carbonyl (C=O) groups is 2. The number of carboxylic acids is 1. The van der Waals surface area contributed by atoms with Gasteiger partial charge < -0.3 is 15.5 Å². The summed E-state index contributed by atoms with van der Waals surface area (Å²) >= 11 is 0. The zero-order valence-electron chi connectivity index (χ0n) is 10.0. The number of aliphatic hydroxyl groups is 1. The van der Waals surface area contributed by atoms with Crippen LogP contribution in [0.25, 0.3) is 0 Å². The van der Waals surface area contributed by atoms with Crippen molar-refractivity contribution in [2.24, 2.45) is 0 Å². The van der Waals surface area contributed by atoms with E-state index < -0.39 is 18.0 Å². The van der Waals surface area contributed by atoms with Crippen molar-refractivity contribution >= 4 is 11.9 Å². The Morgan fingerprint density at radius 2 is 2.22 bits per heavy atom. The molecule has 1 atom stereocenters. The SMILES string of the molecule is CCCc1nc(C(=O)NCCC(O)C(=O)O)n[nH]1. The van der Waals surface area contributed by atoms with Gasteiger partial charge in [-0.2, -0.15) is 0 Å². The largest absolute Gasteiger partial charge is 0.479 e. The van der Waals surface area contributed by atoms with Gasteiger partial charge in [0.15, 0.2) is 6.10 Å². The lowest BCUT2D eigenvalue weighted by Gasteiger charge is -2.05. The molecule has 1 aromatic rings. The molecule has 1 amide bonds. The molecule has 100 valence electrons. The predicted molar refractivity (Wildman–Crippen MR) is 61.0 cm³/mol. The number of carbonyl (C=O) groups excluding carboxylic acids is 1. The monoisotopic (exact) mass is 256 g/mol. The molecule has 0 spiro atoms. The number of carboxylic acid groups (broad SMARTS) is 1. The van der Waals surface area contributed by atoms with Crippen LogP contribution in [0.4, 0.5) is 0 Å². The number of nitrogens with one attached hydrogen (secondary N) is 2. The van der Waals surface area contributed by atoms with E-state index in [1.807, 2.05) is 6.92 Å². The van der Waals surface area contributed by atoms with Crippen LogP contribution in [0.2, 0.25) is 0 Å². The van der Waals surface area contributed by atoms with E-state index in [0.717, 1.165) is 6.42 Å². The van der Waals surface area contributed by atoms with Crippen molar-refractivity contribution in [3.05, 3.63) is 11.6 Å². The number of aryl methyl sites for hydroxylation is 1. The Kier molecular flexibility index (Phi) is 5.25. The van der Waals surface area contributed by atoms with Gasteiger partial charge in [-0.05, 0) is 6.42 Å². The fourth-order valence-electron chi connectivity index (χ4n) is 1.27. The predicted octanol–water partition coefficient (Wildman–Crippen LogP) is -0.677. The van der Waals surface area contributed by atoms with Crippen LogP contribution in [0.5, 0.6) is 0 Å². The number of aromatic nitrogens is 3. The molecule has 1 unspecified atom stereocenters. The molecule has 0 aromatic carbocycles. The molecule has 0 bridgehead atoms. The number of amides is 1. The number of nitrogens with zero attached hydrogens (tertiary/aromatic N) is 2. The average Bonchev–Trinajstić information content (AvgIpc) is 2.77. The minimum Gasteiger partial charge on any atom is -0.479 e. The molecular formula is C10H16N4O4. The summed E-state index contributed by atoms with van der Waals surface area (Å²) in [5, 5.41) is 26.2. The normalized spacial score (nSPS) is 12.1. The Morgan fingerprint density at radius 3 is 2.83 bits per heavy atom. The van der Waals surface area contributed by atoms with E-state index in [2.05, 4.69) is 20.5 Å². The number of aliphatic carboxylic acids is 1. The summed E-state index contributed by atoms with van der Waals surface area (Å²) in [6, 6.07) is 0. The first-order chi connectivity index (χ1) is 8.54. The van der Waals surface area contributed by atoms with Crippen molar-refractivity contribution in [3.63, 3.8) is 0 Å². The van der Waals surface area contributed by atoms with Gasteiger partial charge in [0.2, 0.25) is 5.82 Å². The summed E-state index contributed by atoms with van der Waals surface area (Å²) in [5.41, 5.74) is 0. The molecule has 8 heteroatoms. The highest BCUT2D eigenvalue weighted by atomic mass is 16.4. The van der Waals surface area contributed by atoms with Crippen molar-refractivity contribution in [2.45, 2.75) is 32.3 Å². The highest BCUT2D eigenvalue weighted by molar-refractivity contribution is 5.90. The third-order valence-electron chi connectivity index (χ3n) is 2.21.